The predicted molar refractivity (Wildman–Crippen MR) is 96.0 cm³/mol. The quantitative estimate of drug-likeness (QED) is 0.759. The summed E-state index contributed by atoms with van der Waals surface area (Å²) in [5.74, 6) is 1.55. The van der Waals surface area contributed by atoms with E-state index in [1.165, 1.54) is 0 Å². The van der Waals surface area contributed by atoms with E-state index in [0.717, 1.165) is 19.3 Å². The lowest BCUT2D eigenvalue weighted by atomic mass is 9.93. The van der Waals surface area contributed by atoms with Crippen LogP contribution in [0.1, 0.15) is 19.3 Å². The van der Waals surface area contributed by atoms with Crippen molar-refractivity contribution in [3.8, 4) is 11.5 Å². The Labute approximate surface area is 153 Å². The molecule has 6 nitrogen and oxygen atoms in total. The zero-order chi connectivity index (χ0) is 17.9. The van der Waals surface area contributed by atoms with Crippen molar-refractivity contribution in [2.45, 2.75) is 25.4 Å². The van der Waals surface area contributed by atoms with Crippen LogP contribution < -0.4 is 9.47 Å². The predicted octanol–water partition coefficient (Wildman–Crippen LogP) is 1.85. The SMILES string of the molecule is O=C([C@@H]1CC=CCC1)N1CCN(C(=O)[C@@H]2COc3ccccc3O2)CC1. The molecule has 0 bridgehead atoms. The fourth-order valence-corrected chi connectivity index (χ4v) is 3.77. The Morgan fingerprint density at radius 1 is 0.923 bits per heavy atom. The molecule has 3 aliphatic rings. The second kappa shape index (κ2) is 7.40. The Balaban J connectivity index is 1.31. The average Bonchev–Trinajstić information content (AvgIpc) is 2.73. The fourth-order valence-electron chi connectivity index (χ4n) is 3.77. The standard InChI is InChI=1S/C20H24N2O4/c23-19(15-6-2-1-3-7-15)21-10-12-22(13-11-21)20(24)18-14-25-16-8-4-5-9-17(16)26-18/h1-2,4-5,8-9,15,18H,3,6-7,10-14H2/t15-,18+/m1/s1. The van der Waals surface area contributed by atoms with Crippen molar-refractivity contribution in [2.24, 2.45) is 5.92 Å². The number of amides is 2. The van der Waals surface area contributed by atoms with Gasteiger partial charge in [-0.3, -0.25) is 9.59 Å². The van der Waals surface area contributed by atoms with Crippen molar-refractivity contribution in [3.05, 3.63) is 36.4 Å². The normalized spacial score (nSPS) is 25.1. The van der Waals surface area contributed by atoms with Crippen LogP contribution in [0, 0.1) is 5.92 Å². The van der Waals surface area contributed by atoms with E-state index in [1.54, 1.807) is 4.90 Å². The molecule has 2 atom stereocenters. The van der Waals surface area contributed by atoms with Gasteiger partial charge < -0.3 is 19.3 Å². The van der Waals surface area contributed by atoms with Gasteiger partial charge in [-0.25, -0.2) is 0 Å². The number of rotatable bonds is 2. The maximum atomic E-state index is 12.7. The first-order chi connectivity index (χ1) is 12.7. The van der Waals surface area contributed by atoms with E-state index < -0.39 is 6.10 Å². The molecule has 6 heteroatoms. The highest BCUT2D eigenvalue weighted by molar-refractivity contribution is 5.83. The molecule has 0 radical (unpaired) electrons. The molecule has 0 N–H and O–H groups in total. The fraction of sp³-hybridized carbons (Fsp3) is 0.500. The summed E-state index contributed by atoms with van der Waals surface area (Å²) >= 11 is 0. The van der Waals surface area contributed by atoms with Gasteiger partial charge in [-0.2, -0.15) is 0 Å². The molecule has 0 unspecified atom stereocenters. The Kier molecular flexibility index (Phi) is 4.82. The molecule has 1 fully saturated rings. The second-order valence-electron chi connectivity index (χ2n) is 7.00. The van der Waals surface area contributed by atoms with Gasteiger partial charge in [-0.05, 0) is 31.4 Å². The Morgan fingerprint density at radius 2 is 1.62 bits per heavy atom. The summed E-state index contributed by atoms with van der Waals surface area (Å²) in [6.07, 6.45) is 6.38. The summed E-state index contributed by atoms with van der Waals surface area (Å²) in [6.45, 7) is 2.51. The number of piperazine rings is 1. The number of hydrogen-bond acceptors (Lipinski definition) is 4. The third-order valence-electron chi connectivity index (χ3n) is 5.31. The maximum Gasteiger partial charge on any atom is 0.267 e. The lowest BCUT2D eigenvalue weighted by Gasteiger charge is -2.38. The summed E-state index contributed by atoms with van der Waals surface area (Å²) in [7, 11) is 0. The van der Waals surface area contributed by atoms with Crippen molar-refractivity contribution < 1.29 is 19.1 Å². The molecule has 1 aromatic rings. The summed E-state index contributed by atoms with van der Waals surface area (Å²) in [6, 6.07) is 7.38. The molecule has 1 aliphatic carbocycles. The van der Waals surface area contributed by atoms with Crippen molar-refractivity contribution >= 4 is 11.8 Å². The van der Waals surface area contributed by atoms with Crippen LogP contribution in [0.5, 0.6) is 11.5 Å². The van der Waals surface area contributed by atoms with E-state index in [9.17, 15) is 9.59 Å². The first kappa shape index (κ1) is 16.9. The number of para-hydroxylation sites is 2. The van der Waals surface area contributed by atoms with Gasteiger partial charge in [-0.15, -0.1) is 0 Å². The number of allylic oxidation sites excluding steroid dienone is 2. The highest BCUT2D eigenvalue weighted by Crippen LogP contribution is 2.31. The minimum Gasteiger partial charge on any atom is -0.485 e. The molecular weight excluding hydrogens is 332 g/mol. The van der Waals surface area contributed by atoms with Crippen LogP contribution in [0.2, 0.25) is 0 Å². The number of ether oxygens (including phenoxy) is 2. The van der Waals surface area contributed by atoms with Gasteiger partial charge in [0.2, 0.25) is 12.0 Å². The molecule has 2 amide bonds. The van der Waals surface area contributed by atoms with Gasteiger partial charge in [0.1, 0.15) is 6.61 Å². The summed E-state index contributed by atoms with van der Waals surface area (Å²) in [5.41, 5.74) is 0. The molecule has 138 valence electrons. The zero-order valence-corrected chi connectivity index (χ0v) is 14.8. The van der Waals surface area contributed by atoms with Crippen LogP contribution in [0.3, 0.4) is 0 Å². The first-order valence-electron chi connectivity index (χ1n) is 9.33. The minimum absolute atomic E-state index is 0.0628. The Hall–Kier alpha value is -2.50. The van der Waals surface area contributed by atoms with Crippen LogP contribution in [0.15, 0.2) is 36.4 Å². The summed E-state index contributed by atoms with van der Waals surface area (Å²) in [4.78, 5) is 29.1. The van der Waals surface area contributed by atoms with E-state index in [0.29, 0.717) is 37.7 Å². The topological polar surface area (TPSA) is 59.1 Å². The van der Waals surface area contributed by atoms with Crippen LogP contribution in [-0.4, -0.2) is 60.5 Å². The number of carbonyl (C=O) groups is 2. The zero-order valence-electron chi connectivity index (χ0n) is 14.8. The Bertz CT molecular complexity index is 710. The van der Waals surface area contributed by atoms with Crippen molar-refractivity contribution in [1.82, 2.24) is 9.80 Å². The molecule has 2 heterocycles. The highest BCUT2D eigenvalue weighted by Gasteiger charge is 2.34. The number of hydrogen-bond donors (Lipinski definition) is 0. The lowest BCUT2D eigenvalue weighted by molar-refractivity contribution is -0.147. The van der Waals surface area contributed by atoms with E-state index in [2.05, 4.69) is 12.2 Å². The third kappa shape index (κ3) is 3.41. The minimum atomic E-state index is -0.615. The molecule has 1 saturated heterocycles. The monoisotopic (exact) mass is 356 g/mol. The summed E-state index contributed by atoms with van der Waals surface area (Å²) in [5, 5.41) is 0. The summed E-state index contributed by atoms with van der Waals surface area (Å²) < 4.78 is 11.5. The van der Waals surface area contributed by atoms with Crippen molar-refractivity contribution in [2.75, 3.05) is 32.8 Å². The lowest BCUT2D eigenvalue weighted by Crippen LogP contribution is -2.55. The first-order valence-corrected chi connectivity index (χ1v) is 9.33. The number of benzene rings is 1. The number of nitrogens with zero attached hydrogens (tertiary/aromatic N) is 2. The van der Waals surface area contributed by atoms with Crippen LogP contribution in [0.4, 0.5) is 0 Å². The van der Waals surface area contributed by atoms with E-state index in [-0.39, 0.29) is 24.3 Å². The average molecular weight is 356 g/mol. The van der Waals surface area contributed by atoms with Crippen molar-refractivity contribution in [3.63, 3.8) is 0 Å². The van der Waals surface area contributed by atoms with Crippen LogP contribution in [-0.2, 0) is 9.59 Å². The van der Waals surface area contributed by atoms with Crippen LogP contribution in [0.25, 0.3) is 0 Å². The molecular formula is C20H24N2O4. The molecule has 0 saturated carbocycles. The molecule has 0 spiro atoms. The van der Waals surface area contributed by atoms with Crippen molar-refractivity contribution in [1.29, 1.82) is 0 Å². The Morgan fingerprint density at radius 3 is 2.31 bits per heavy atom. The van der Waals surface area contributed by atoms with E-state index >= 15 is 0 Å². The van der Waals surface area contributed by atoms with Gasteiger partial charge in [-0.1, -0.05) is 24.3 Å². The molecule has 2 aliphatic heterocycles. The second-order valence-corrected chi connectivity index (χ2v) is 7.00. The molecule has 1 aromatic carbocycles. The number of carbonyl (C=O) groups excluding carboxylic acids is 2. The maximum absolute atomic E-state index is 12.7. The van der Waals surface area contributed by atoms with Gasteiger partial charge >= 0.3 is 0 Å². The van der Waals surface area contributed by atoms with Gasteiger partial charge in [0.05, 0.1) is 0 Å². The number of fused-ring (bicyclic) bond motifs is 1. The largest absolute Gasteiger partial charge is 0.485 e. The van der Waals surface area contributed by atoms with Gasteiger partial charge in [0.15, 0.2) is 11.5 Å². The van der Waals surface area contributed by atoms with E-state index in [1.807, 2.05) is 29.2 Å². The molecule has 0 aromatic heterocycles. The molecule has 26 heavy (non-hydrogen) atoms. The molecule has 4 rings (SSSR count). The van der Waals surface area contributed by atoms with Gasteiger partial charge in [0, 0.05) is 32.1 Å². The highest BCUT2D eigenvalue weighted by atomic mass is 16.6. The van der Waals surface area contributed by atoms with Gasteiger partial charge in [0.25, 0.3) is 5.91 Å². The third-order valence-corrected chi connectivity index (χ3v) is 5.31. The van der Waals surface area contributed by atoms with E-state index in [4.69, 9.17) is 9.47 Å². The van der Waals surface area contributed by atoms with Crippen LogP contribution >= 0.6 is 0 Å². The smallest absolute Gasteiger partial charge is 0.267 e.